The van der Waals surface area contributed by atoms with Gasteiger partial charge in [0.1, 0.15) is 12.6 Å². The maximum atomic E-state index is 13.2. The molecular weight excluding hydrogens is 475 g/mol. The van der Waals surface area contributed by atoms with Gasteiger partial charge in [-0.2, -0.15) is 0 Å². The number of nitrogens with zero attached hydrogens (tertiary/aromatic N) is 1. The molecule has 10 nitrogen and oxygen atoms in total. The van der Waals surface area contributed by atoms with Crippen LogP contribution in [0.3, 0.4) is 0 Å². The number of alkyl halides is 3. The summed E-state index contributed by atoms with van der Waals surface area (Å²) < 4.78 is 41.0. The van der Waals surface area contributed by atoms with Crippen molar-refractivity contribution in [2.75, 3.05) is 19.7 Å². The summed E-state index contributed by atoms with van der Waals surface area (Å²) in [5, 5.41) is 25.5. The standard InChI is InChI=1S/C22H32F3N3O7/c1-11(2)16(30)17(31)20(34)28-10-21(4-5-21)8-14(28)19(33)27-13(7-12-3-6-26-18(12)32)15(29)9-35-22(23,24)25/h11-14,16-17,30-31H,3-10H2,1-2H3,(H,26,32)(H,27,33)/t12-,13-,14-,16-,17+/m0/s1. The number of ether oxygens (including phenoxy) is 1. The first kappa shape index (κ1) is 27.3. The number of hydrogen-bond donors (Lipinski definition) is 4. The van der Waals surface area contributed by atoms with E-state index in [1.807, 2.05) is 0 Å². The normalized spacial score (nSPS) is 25.9. The summed E-state index contributed by atoms with van der Waals surface area (Å²) in [5.41, 5.74) is -0.301. The summed E-state index contributed by atoms with van der Waals surface area (Å²) in [6.45, 7) is 2.44. The van der Waals surface area contributed by atoms with E-state index in [1.54, 1.807) is 13.8 Å². The highest BCUT2D eigenvalue weighted by Crippen LogP contribution is 2.55. The number of rotatable bonds is 10. The van der Waals surface area contributed by atoms with Crippen LogP contribution in [0.4, 0.5) is 13.2 Å². The molecule has 0 aromatic heterocycles. The van der Waals surface area contributed by atoms with Gasteiger partial charge in [0.2, 0.25) is 11.8 Å². The van der Waals surface area contributed by atoms with Crippen LogP contribution in [-0.4, -0.2) is 89.0 Å². The van der Waals surface area contributed by atoms with Crippen LogP contribution in [0.25, 0.3) is 0 Å². The van der Waals surface area contributed by atoms with E-state index in [4.69, 9.17) is 0 Å². The Morgan fingerprint density at radius 3 is 2.43 bits per heavy atom. The van der Waals surface area contributed by atoms with Crippen molar-refractivity contribution in [3.05, 3.63) is 0 Å². The van der Waals surface area contributed by atoms with Gasteiger partial charge < -0.3 is 25.7 Å². The van der Waals surface area contributed by atoms with Crippen molar-refractivity contribution in [1.82, 2.24) is 15.5 Å². The molecule has 1 spiro atoms. The van der Waals surface area contributed by atoms with Crippen LogP contribution in [0.2, 0.25) is 0 Å². The van der Waals surface area contributed by atoms with E-state index in [2.05, 4.69) is 15.4 Å². The number of carbonyl (C=O) groups is 4. The van der Waals surface area contributed by atoms with Crippen molar-refractivity contribution in [3.8, 4) is 0 Å². The minimum atomic E-state index is -5.05. The topological polar surface area (TPSA) is 145 Å². The van der Waals surface area contributed by atoms with Crippen LogP contribution >= 0.6 is 0 Å². The van der Waals surface area contributed by atoms with Gasteiger partial charge in [0.05, 0.1) is 12.1 Å². The van der Waals surface area contributed by atoms with Gasteiger partial charge in [-0.3, -0.25) is 23.9 Å². The number of hydrogen-bond acceptors (Lipinski definition) is 7. The molecule has 2 saturated heterocycles. The number of ketones is 1. The van der Waals surface area contributed by atoms with E-state index in [1.165, 1.54) is 4.90 Å². The molecule has 0 bridgehead atoms. The number of nitrogens with one attached hydrogen (secondary N) is 2. The number of aliphatic hydroxyl groups excluding tert-OH is 2. The van der Waals surface area contributed by atoms with Crippen molar-refractivity contribution in [3.63, 3.8) is 0 Å². The van der Waals surface area contributed by atoms with Gasteiger partial charge in [-0.25, -0.2) is 0 Å². The lowest BCUT2D eigenvalue weighted by Crippen LogP contribution is -2.55. The van der Waals surface area contributed by atoms with E-state index in [0.29, 0.717) is 13.0 Å². The van der Waals surface area contributed by atoms with Crippen LogP contribution in [0.1, 0.15) is 46.0 Å². The van der Waals surface area contributed by atoms with Crippen LogP contribution in [0, 0.1) is 17.3 Å². The zero-order valence-electron chi connectivity index (χ0n) is 19.6. The Balaban J connectivity index is 1.75. The second-order valence-electron chi connectivity index (χ2n) is 10.1. The molecule has 4 N–H and O–H groups in total. The Labute approximate surface area is 200 Å². The largest absolute Gasteiger partial charge is 0.522 e. The molecule has 3 amide bonds. The second kappa shape index (κ2) is 10.4. The first-order valence-corrected chi connectivity index (χ1v) is 11.7. The number of aliphatic hydroxyl groups is 2. The predicted octanol–water partition coefficient (Wildman–Crippen LogP) is -0.138. The van der Waals surface area contributed by atoms with Crippen molar-refractivity contribution < 1.29 is 47.3 Å². The molecule has 2 heterocycles. The van der Waals surface area contributed by atoms with Crippen LogP contribution < -0.4 is 10.6 Å². The van der Waals surface area contributed by atoms with E-state index in [0.717, 1.165) is 12.8 Å². The predicted molar refractivity (Wildman–Crippen MR) is 113 cm³/mol. The Morgan fingerprint density at radius 1 is 1.26 bits per heavy atom. The van der Waals surface area contributed by atoms with Gasteiger partial charge in [0.15, 0.2) is 11.9 Å². The van der Waals surface area contributed by atoms with Gasteiger partial charge in [-0.05, 0) is 43.4 Å². The average Bonchev–Trinajstić information content (AvgIpc) is 3.24. The van der Waals surface area contributed by atoms with E-state index < -0.39 is 66.7 Å². The molecule has 3 fully saturated rings. The van der Waals surface area contributed by atoms with Crippen molar-refractivity contribution in [2.24, 2.45) is 17.3 Å². The van der Waals surface area contributed by atoms with Gasteiger partial charge in [0, 0.05) is 19.0 Å². The third-order valence-electron chi connectivity index (χ3n) is 7.08. The first-order chi connectivity index (χ1) is 16.2. The fraction of sp³-hybridized carbons (Fsp3) is 0.818. The molecular formula is C22H32F3N3O7. The van der Waals surface area contributed by atoms with E-state index in [9.17, 15) is 42.6 Å². The van der Waals surface area contributed by atoms with Gasteiger partial charge in [-0.15, -0.1) is 13.2 Å². The van der Waals surface area contributed by atoms with Crippen LogP contribution in [-0.2, 0) is 23.9 Å². The maximum absolute atomic E-state index is 13.2. The molecule has 3 rings (SSSR count). The minimum Gasteiger partial charge on any atom is -0.390 e. The third kappa shape index (κ3) is 6.70. The summed E-state index contributed by atoms with van der Waals surface area (Å²) in [6.07, 6.45) is -6.22. The molecule has 198 valence electrons. The van der Waals surface area contributed by atoms with Crippen molar-refractivity contribution >= 4 is 23.5 Å². The zero-order chi connectivity index (χ0) is 26.1. The highest BCUT2D eigenvalue weighted by atomic mass is 19.4. The van der Waals surface area contributed by atoms with Gasteiger partial charge in [0.25, 0.3) is 5.91 Å². The minimum absolute atomic E-state index is 0.187. The molecule has 13 heteroatoms. The number of likely N-dealkylation sites (tertiary alicyclic amines) is 1. The number of Topliss-reactive ketones (excluding diaryl/α,β-unsaturated/α-hetero) is 1. The molecule has 1 saturated carbocycles. The summed E-state index contributed by atoms with van der Waals surface area (Å²) in [5.74, 6) is -4.11. The van der Waals surface area contributed by atoms with Gasteiger partial charge >= 0.3 is 6.36 Å². The number of carbonyl (C=O) groups excluding carboxylic acids is 4. The lowest BCUT2D eigenvalue weighted by atomic mass is 9.95. The summed E-state index contributed by atoms with van der Waals surface area (Å²) in [7, 11) is 0. The summed E-state index contributed by atoms with van der Waals surface area (Å²) in [4.78, 5) is 51.8. The fourth-order valence-electron chi connectivity index (χ4n) is 4.69. The molecule has 1 aliphatic carbocycles. The Hall–Kier alpha value is -2.25. The second-order valence-corrected chi connectivity index (χ2v) is 10.1. The van der Waals surface area contributed by atoms with E-state index >= 15 is 0 Å². The molecule has 5 atom stereocenters. The van der Waals surface area contributed by atoms with E-state index in [-0.39, 0.29) is 30.7 Å². The smallest absolute Gasteiger partial charge is 0.390 e. The lowest BCUT2D eigenvalue weighted by molar-refractivity contribution is -0.321. The zero-order valence-corrected chi connectivity index (χ0v) is 19.6. The van der Waals surface area contributed by atoms with Crippen LogP contribution in [0.15, 0.2) is 0 Å². The Bertz CT molecular complexity index is 847. The Morgan fingerprint density at radius 2 is 1.91 bits per heavy atom. The monoisotopic (exact) mass is 507 g/mol. The highest BCUT2D eigenvalue weighted by Gasteiger charge is 2.56. The quantitative estimate of drug-likeness (QED) is 0.322. The lowest BCUT2D eigenvalue weighted by Gasteiger charge is -2.30. The first-order valence-electron chi connectivity index (χ1n) is 11.7. The molecule has 35 heavy (non-hydrogen) atoms. The summed E-state index contributed by atoms with van der Waals surface area (Å²) in [6, 6.07) is -2.51. The van der Waals surface area contributed by atoms with Gasteiger partial charge in [-0.1, -0.05) is 13.8 Å². The Kier molecular flexibility index (Phi) is 8.12. The van der Waals surface area contributed by atoms with Crippen molar-refractivity contribution in [1.29, 1.82) is 0 Å². The molecule has 2 aliphatic heterocycles. The number of amides is 3. The molecule has 3 aliphatic rings. The molecule has 0 radical (unpaired) electrons. The highest BCUT2D eigenvalue weighted by molar-refractivity contribution is 5.95. The maximum Gasteiger partial charge on any atom is 0.522 e. The average molecular weight is 508 g/mol. The molecule has 0 aromatic carbocycles. The molecule has 0 aromatic rings. The van der Waals surface area contributed by atoms with Crippen molar-refractivity contribution in [2.45, 2.75) is 76.6 Å². The summed E-state index contributed by atoms with van der Waals surface area (Å²) >= 11 is 0. The van der Waals surface area contributed by atoms with Crippen LogP contribution in [0.5, 0.6) is 0 Å². The fourth-order valence-corrected chi connectivity index (χ4v) is 4.69. The molecule has 0 unspecified atom stereocenters. The number of halogens is 3. The third-order valence-corrected chi connectivity index (χ3v) is 7.08. The SMILES string of the molecule is CC(C)[C@H](O)[C@@H](O)C(=O)N1CC2(CC2)C[C@H]1C(=O)N[C@@H](C[C@@H]1CCNC1=O)C(=O)COC(F)(F)F.